The van der Waals surface area contributed by atoms with Crippen molar-refractivity contribution in [2.45, 2.75) is 75.9 Å². The van der Waals surface area contributed by atoms with Crippen molar-refractivity contribution in [3.63, 3.8) is 0 Å². The molecule has 2 saturated heterocycles. The average molecular weight is 593 g/mol. The average Bonchev–Trinajstić information content (AvgIpc) is 3.04. The van der Waals surface area contributed by atoms with Crippen LogP contribution in [0.1, 0.15) is 46.0 Å². The van der Waals surface area contributed by atoms with E-state index in [1.165, 1.54) is 6.07 Å². The molecule has 3 atom stereocenters. The zero-order chi connectivity index (χ0) is 27.8. The number of fused-ring (bicyclic) bond motifs is 2. The summed E-state index contributed by atoms with van der Waals surface area (Å²) in [6.07, 6.45) is -2.93. The first-order valence-corrected chi connectivity index (χ1v) is 13.2. The van der Waals surface area contributed by atoms with E-state index in [0.717, 1.165) is 18.5 Å². The molecule has 0 spiro atoms. The molecule has 1 unspecified atom stereocenters. The molecule has 0 aromatic heterocycles. The molecule has 2 aliphatic rings. The van der Waals surface area contributed by atoms with Gasteiger partial charge < -0.3 is 20.3 Å². The van der Waals surface area contributed by atoms with Crippen LogP contribution in [0.2, 0.25) is 15.1 Å². The van der Waals surface area contributed by atoms with Crippen LogP contribution in [0.25, 0.3) is 0 Å². The Bertz CT molecular complexity index is 1210. The van der Waals surface area contributed by atoms with Crippen molar-refractivity contribution in [3.8, 4) is 5.75 Å². The van der Waals surface area contributed by atoms with E-state index in [2.05, 4.69) is 15.5 Å². The molecule has 38 heavy (non-hydrogen) atoms. The molecule has 2 aliphatic heterocycles. The van der Waals surface area contributed by atoms with Crippen molar-refractivity contribution in [1.29, 1.82) is 0 Å². The standard InChI is InChI=1S/C26H27Cl3F3N3O3/c1-25(2,38-22-8-3-14(27)9-20(22)29)24(37)34-16-10-17-5-6-18(11-16)35(17)21-7-4-15(12-19(21)28)33-23(36)13-26(30,31)32/h3-4,7-9,12,16-18H,5-6,10-11,13H2,1-2H3,(H,33,36)(H,34,37)/t16?,17-,18+. The molecular formula is C26H27Cl3F3N3O3. The summed E-state index contributed by atoms with van der Waals surface area (Å²) in [5, 5.41) is 6.47. The summed E-state index contributed by atoms with van der Waals surface area (Å²) in [5.74, 6) is -1.06. The lowest BCUT2D eigenvalue weighted by Crippen LogP contribution is -2.55. The number of amides is 2. The van der Waals surface area contributed by atoms with E-state index in [-0.39, 0.29) is 29.7 Å². The first-order valence-electron chi connectivity index (χ1n) is 12.1. The number of hydrogen-bond donors (Lipinski definition) is 2. The summed E-state index contributed by atoms with van der Waals surface area (Å²) < 4.78 is 43.3. The largest absolute Gasteiger partial charge is 0.476 e. The van der Waals surface area contributed by atoms with E-state index < -0.39 is 24.1 Å². The molecule has 2 fully saturated rings. The number of rotatable bonds is 7. The van der Waals surface area contributed by atoms with Gasteiger partial charge in [0.2, 0.25) is 5.91 Å². The minimum Gasteiger partial charge on any atom is -0.476 e. The molecule has 12 heteroatoms. The second-order valence-electron chi connectivity index (χ2n) is 10.1. The van der Waals surface area contributed by atoms with Crippen LogP contribution in [0.4, 0.5) is 24.5 Å². The number of anilines is 2. The van der Waals surface area contributed by atoms with Gasteiger partial charge in [-0.25, -0.2) is 0 Å². The number of carbonyl (C=O) groups is 2. The summed E-state index contributed by atoms with van der Waals surface area (Å²) in [6, 6.07) is 9.70. The van der Waals surface area contributed by atoms with Crippen molar-refractivity contribution in [1.82, 2.24) is 5.32 Å². The van der Waals surface area contributed by atoms with E-state index >= 15 is 0 Å². The number of carbonyl (C=O) groups excluding carboxylic acids is 2. The Kier molecular flexibility index (Phi) is 8.31. The lowest BCUT2D eigenvalue weighted by molar-refractivity contribution is -0.150. The van der Waals surface area contributed by atoms with E-state index in [0.29, 0.717) is 33.7 Å². The third-order valence-corrected chi connectivity index (χ3v) is 7.58. The van der Waals surface area contributed by atoms with Gasteiger partial charge in [0.05, 0.1) is 15.7 Å². The highest BCUT2D eigenvalue weighted by molar-refractivity contribution is 6.35. The molecule has 2 aromatic carbocycles. The molecule has 2 amide bonds. The highest BCUT2D eigenvalue weighted by atomic mass is 35.5. The lowest BCUT2D eigenvalue weighted by atomic mass is 9.95. The van der Waals surface area contributed by atoms with E-state index in [1.54, 1.807) is 44.2 Å². The Balaban J connectivity index is 1.38. The van der Waals surface area contributed by atoms with Gasteiger partial charge in [0, 0.05) is 28.8 Å². The van der Waals surface area contributed by atoms with Gasteiger partial charge in [-0.1, -0.05) is 34.8 Å². The number of nitrogens with one attached hydrogen (secondary N) is 2. The molecule has 4 rings (SSSR count). The van der Waals surface area contributed by atoms with Gasteiger partial charge in [-0.15, -0.1) is 0 Å². The van der Waals surface area contributed by atoms with Gasteiger partial charge in [-0.2, -0.15) is 13.2 Å². The monoisotopic (exact) mass is 591 g/mol. The fourth-order valence-corrected chi connectivity index (χ4v) is 5.83. The van der Waals surface area contributed by atoms with E-state index in [9.17, 15) is 22.8 Å². The SMILES string of the molecule is CC(C)(Oc1ccc(Cl)cc1Cl)C(=O)NC1C[C@H]2CC[C@@H](C1)N2c1ccc(NC(=O)CC(F)(F)F)cc1Cl. The predicted molar refractivity (Wildman–Crippen MR) is 142 cm³/mol. The summed E-state index contributed by atoms with van der Waals surface area (Å²) in [5.41, 5.74) is -0.229. The van der Waals surface area contributed by atoms with Gasteiger partial charge in [0.15, 0.2) is 5.60 Å². The van der Waals surface area contributed by atoms with Crippen molar-refractivity contribution in [2.24, 2.45) is 0 Å². The summed E-state index contributed by atoms with van der Waals surface area (Å²) >= 11 is 18.6. The second-order valence-corrected chi connectivity index (χ2v) is 11.4. The number of piperidine rings is 1. The summed E-state index contributed by atoms with van der Waals surface area (Å²) in [6.45, 7) is 3.34. The Morgan fingerprint density at radius 3 is 2.24 bits per heavy atom. The smallest absolute Gasteiger partial charge is 0.397 e. The fourth-order valence-electron chi connectivity index (χ4n) is 5.11. The highest BCUT2D eigenvalue weighted by Gasteiger charge is 2.43. The minimum absolute atomic E-state index is 0.0699. The van der Waals surface area contributed by atoms with E-state index in [1.807, 2.05) is 0 Å². The fraction of sp³-hybridized carbons (Fsp3) is 0.462. The molecule has 0 saturated carbocycles. The first kappa shape index (κ1) is 28.6. The Morgan fingerprint density at radius 2 is 1.66 bits per heavy atom. The van der Waals surface area contributed by atoms with Gasteiger partial charge >= 0.3 is 6.18 Å². The van der Waals surface area contributed by atoms with Crippen LogP contribution < -0.4 is 20.3 Å². The van der Waals surface area contributed by atoms with Crippen LogP contribution in [0.5, 0.6) is 5.75 Å². The van der Waals surface area contributed by atoms with Gasteiger partial charge in [-0.05, 0) is 75.9 Å². The molecule has 2 N–H and O–H groups in total. The molecular weight excluding hydrogens is 566 g/mol. The third kappa shape index (κ3) is 6.79. The van der Waals surface area contributed by atoms with Crippen molar-refractivity contribution >= 4 is 58.0 Å². The number of nitrogens with zero attached hydrogens (tertiary/aromatic N) is 1. The van der Waals surface area contributed by atoms with Crippen molar-refractivity contribution in [2.75, 3.05) is 10.2 Å². The Morgan fingerprint density at radius 1 is 1.00 bits per heavy atom. The maximum absolute atomic E-state index is 13.1. The lowest BCUT2D eigenvalue weighted by Gasteiger charge is -2.42. The maximum atomic E-state index is 13.1. The topological polar surface area (TPSA) is 70.7 Å². The molecule has 6 nitrogen and oxygen atoms in total. The maximum Gasteiger partial charge on any atom is 0.397 e. The number of hydrogen-bond acceptors (Lipinski definition) is 4. The number of benzene rings is 2. The van der Waals surface area contributed by atoms with Gasteiger partial charge in [0.1, 0.15) is 12.2 Å². The number of alkyl halides is 3. The van der Waals surface area contributed by atoms with Crippen molar-refractivity contribution in [3.05, 3.63) is 51.5 Å². The minimum atomic E-state index is -4.59. The first-order chi connectivity index (χ1) is 17.7. The quantitative estimate of drug-likeness (QED) is 0.363. The normalized spacial score (nSPS) is 21.3. The molecule has 2 bridgehead atoms. The summed E-state index contributed by atoms with van der Waals surface area (Å²) in [7, 11) is 0. The third-order valence-electron chi connectivity index (χ3n) is 6.74. The van der Waals surface area contributed by atoms with Crippen LogP contribution in [-0.2, 0) is 9.59 Å². The number of halogens is 6. The van der Waals surface area contributed by atoms with E-state index in [4.69, 9.17) is 39.5 Å². The predicted octanol–water partition coefficient (Wildman–Crippen LogP) is 7.01. The Labute approximate surface area is 233 Å². The van der Waals surface area contributed by atoms with Crippen molar-refractivity contribution < 1.29 is 27.5 Å². The van der Waals surface area contributed by atoms with Crippen LogP contribution in [0, 0.1) is 0 Å². The Hall–Kier alpha value is -2.36. The zero-order valence-corrected chi connectivity index (χ0v) is 22.9. The number of ether oxygens (including phenoxy) is 1. The van der Waals surface area contributed by atoms with Gasteiger partial charge in [0.25, 0.3) is 5.91 Å². The van der Waals surface area contributed by atoms with Crippen LogP contribution in [-0.4, -0.2) is 41.7 Å². The summed E-state index contributed by atoms with van der Waals surface area (Å²) in [4.78, 5) is 27.0. The van der Waals surface area contributed by atoms with Crippen LogP contribution in [0.15, 0.2) is 36.4 Å². The molecule has 0 aliphatic carbocycles. The molecule has 206 valence electrons. The molecule has 0 radical (unpaired) electrons. The van der Waals surface area contributed by atoms with Crippen LogP contribution in [0.3, 0.4) is 0 Å². The molecule has 2 heterocycles. The van der Waals surface area contributed by atoms with Gasteiger partial charge in [-0.3, -0.25) is 9.59 Å². The second kappa shape index (κ2) is 11.0. The van der Waals surface area contributed by atoms with Crippen LogP contribution >= 0.6 is 34.8 Å². The highest BCUT2D eigenvalue weighted by Crippen LogP contribution is 2.43. The molecule has 2 aromatic rings. The zero-order valence-electron chi connectivity index (χ0n) is 20.7.